The molecule has 0 aliphatic rings. The first-order valence-electron chi connectivity index (χ1n) is 7.95. The summed E-state index contributed by atoms with van der Waals surface area (Å²) in [6.07, 6.45) is 7.98. The highest BCUT2D eigenvalue weighted by Crippen LogP contribution is 2.22. The van der Waals surface area contributed by atoms with Crippen molar-refractivity contribution in [1.29, 1.82) is 0 Å². The molecule has 3 aromatic rings. The van der Waals surface area contributed by atoms with Gasteiger partial charge in [0.2, 0.25) is 0 Å². The van der Waals surface area contributed by atoms with Crippen LogP contribution >= 0.6 is 11.6 Å². The van der Waals surface area contributed by atoms with Crippen LogP contribution in [0.4, 0.5) is 0 Å². The third-order valence-corrected chi connectivity index (χ3v) is 4.21. The molecule has 3 rings (SSSR count). The van der Waals surface area contributed by atoms with E-state index in [1.165, 1.54) is 0 Å². The monoisotopic (exact) mass is 328 g/mol. The Labute approximate surface area is 141 Å². The summed E-state index contributed by atoms with van der Waals surface area (Å²) in [4.78, 5) is 8.71. The highest BCUT2D eigenvalue weighted by molar-refractivity contribution is 6.31. The molecule has 5 heteroatoms. The number of nitrogens with zero attached hydrogens (tertiary/aromatic N) is 3. The standard InChI is InChI=1S/C18H21ClN4/c1-14-21-8-10-23(14)9-3-2-6-20-13-16-12-17(19)11-15-5-4-7-22-18(15)16/h4-5,7-8,10-12,20H,2-3,6,9,13H2,1H3. The van der Waals surface area contributed by atoms with Crippen LogP contribution in [0.25, 0.3) is 10.9 Å². The first-order valence-corrected chi connectivity index (χ1v) is 8.33. The normalized spacial score (nSPS) is 11.2. The number of benzene rings is 1. The van der Waals surface area contributed by atoms with E-state index in [0.29, 0.717) is 0 Å². The molecule has 2 heterocycles. The number of rotatable bonds is 7. The van der Waals surface area contributed by atoms with Crippen molar-refractivity contribution in [2.45, 2.75) is 32.9 Å². The fourth-order valence-corrected chi connectivity index (χ4v) is 3.01. The zero-order valence-corrected chi connectivity index (χ0v) is 14.1. The van der Waals surface area contributed by atoms with E-state index in [-0.39, 0.29) is 0 Å². The number of nitrogens with one attached hydrogen (secondary N) is 1. The lowest BCUT2D eigenvalue weighted by Gasteiger charge is -2.09. The number of imidazole rings is 1. The van der Waals surface area contributed by atoms with Crippen molar-refractivity contribution in [1.82, 2.24) is 19.9 Å². The van der Waals surface area contributed by atoms with E-state index in [1.807, 2.05) is 49.8 Å². The molecule has 0 radical (unpaired) electrons. The average molecular weight is 329 g/mol. The van der Waals surface area contributed by atoms with Crippen LogP contribution < -0.4 is 5.32 Å². The number of pyridine rings is 1. The van der Waals surface area contributed by atoms with E-state index in [2.05, 4.69) is 19.9 Å². The van der Waals surface area contributed by atoms with E-state index in [9.17, 15) is 0 Å². The number of hydrogen-bond donors (Lipinski definition) is 1. The molecule has 0 aliphatic heterocycles. The number of aromatic nitrogens is 3. The molecule has 23 heavy (non-hydrogen) atoms. The minimum Gasteiger partial charge on any atom is -0.335 e. The van der Waals surface area contributed by atoms with Crippen molar-refractivity contribution in [3.63, 3.8) is 0 Å². The van der Waals surface area contributed by atoms with Gasteiger partial charge >= 0.3 is 0 Å². The molecule has 0 fully saturated rings. The van der Waals surface area contributed by atoms with Crippen molar-refractivity contribution >= 4 is 22.5 Å². The van der Waals surface area contributed by atoms with Gasteiger partial charge in [-0.1, -0.05) is 17.7 Å². The van der Waals surface area contributed by atoms with Crippen LogP contribution in [0.5, 0.6) is 0 Å². The second-order valence-electron chi connectivity index (χ2n) is 5.69. The van der Waals surface area contributed by atoms with Crippen LogP contribution in [0.2, 0.25) is 5.02 Å². The maximum atomic E-state index is 6.19. The Morgan fingerprint density at radius 1 is 1.17 bits per heavy atom. The Morgan fingerprint density at radius 2 is 2.09 bits per heavy atom. The van der Waals surface area contributed by atoms with Gasteiger partial charge in [-0.15, -0.1) is 0 Å². The Morgan fingerprint density at radius 3 is 2.91 bits per heavy atom. The predicted octanol–water partition coefficient (Wildman–Crippen LogP) is 3.96. The van der Waals surface area contributed by atoms with Gasteiger partial charge < -0.3 is 9.88 Å². The lowest BCUT2D eigenvalue weighted by Crippen LogP contribution is -2.15. The van der Waals surface area contributed by atoms with Gasteiger partial charge in [0.05, 0.1) is 5.52 Å². The quantitative estimate of drug-likeness (QED) is 0.667. The lowest BCUT2D eigenvalue weighted by atomic mass is 10.1. The molecule has 0 bridgehead atoms. The van der Waals surface area contributed by atoms with Crippen LogP contribution in [0, 0.1) is 6.92 Å². The van der Waals surface area contributed by atoms with Gasteiger partial charge in [0.25, 0.3) is 0 Å². The lowest BCUT2D eigenvalue weighted by molar-refractivity contribution is 0.561. The Balaban J connectivity index is 1.48. The van der Waals surface area contributed by atoms with Gasteiger partial charge in [0, 0.05) is 42.1 Å². The number of hydrogen-bond acceptors (Lipinski definition) is 3. The van der Waals surface area contributed by atoms with Gasteiger partial charge in [-0.05, 0) is 50.1 Å². The number of aryl methyl sites for hydroxylation is 2. The second-order valence-corrected chi connectivity index (χ2v) is 6.13. The van der Waals surface area contributed by atoms with Crippen LogP contribution in [-0.4, -0.2) is 21.1 Å². The summed E-state index contributed by atoms with van der Waals surface area (Å²) in [5, 5.41) is 5.34. The largest absolute Gasteiger partial charge is 0.335 e. The third-order valence-electron chi connectivity index (χ3n) is 3.99. The van der Waals surface area contributed by atoms with Crippen molar-refractivity contribution in [2.75, 3.05) is 6.54 Å². The second kappa shape index (κ2) is 7.57. The maximum absolute atomic E-state index is 6.19. The molecule has 0 saturated carbocycles. The highest BCUT2D eigenvalue weighted by atomic mass is 35.5. The predicted molar refractivity (Wildman–Crippen MR) is 94.7 cm³/mol. The molecule has 0 aliphatic carbocycles. The summed E-state index contributed by atoms with van der Waals surface area (Å²) >= 11 is 6.19. The number of fused-ring (bicyclic) bond motifs is 1. The van der Waals surface area contributed by atoms with Crippen molar-refractivity contribution in [3.05, 3.63) is 59.3 Å². The molecule has 1 N–H and O–H groups in total. The van der Waals surface area contributed by atoms with Crippen LogP contribution in [0.1, 0.15) is 24.2 Å². The van der Waals surface area contributed by atoms with Gasteiger partial charge in [-0.3, -0.25) is 4.98 Å². The third kappa shape index (κ3) is 4.09. The molecule has 1 aromatic carbocycles. The molecule has 2 aromatic heterocycles. The molecule has 0 atom stereocenters. The number of unbranched alkanes of at least 4 members (excludes halogenated alkanes) is 1. The van der Waals surface area contributed by atoms with Gasteiger partial charge in [0.1, 0.15) is 5.82 Å². The minimum atomic E-state index is 0.762. The van der Waals surface area contributed by atoms with E-state index >= 15 is 0 Å². The van der Waals surface area contributed by atoms with Crippen LogP contribution in [0.3, 0.4) is 0 Å². The van der Waals surface area contributed by atoms with Crippen molar-refractivity contribution in [3.8, 4) is 0 Å². The van der Waals surface area contributed by atoms with Crippen LogP contribution in [0.15, 0.2) is 42.9 Å². The minimum absolute atomic E-state index is 0.762. The Bertz CT molecular complexity index is 782. The van der Waals surface area contributed by atoms with Crippen molar-refractivity contribution < 1.29 is 0 Å². The summed E-state index contributed by atoms with van der Waals surface area (Å²) < 4.78 is 2.19. The Hall–Kier alpha value is -1.91. The maximum Gasteiger partial charge on any atom is 0.105 e. The summed E-state index contributed by atoms with van der Waals surface area (Å²) in [5.74, 6) is 1.08. The zero-order valence-electron chi connectivity index (χ0n) is 13.3. The van der Waals surface area contributed by atoms with Crippen molar-refractivity contribution in [2.24, 2.45) is 0 Å². The van der Waals surface area contributed by atoms with Gasteiger partial charge in [0.15, 0.2) is 0 Å². The Kier molecular flexibility index (Phi) is 5.26. The summed E-state index contributed by atoms with van der Waals surface area (Å²) in [6.45, 7) is 4.83. The average Bonchev–Trinajstić information content (AvgIpc) is 2.95. The van der Waals surface area contributed by atoms with Gasteiger partial charge in [-0.25, -0.2) is 4.98 Å². The summed E-state index contributed by atoms with van der Waals surface area (Å²) in [5.41, 5.74) is 2.18. The molecule has 0 amide bonds. The molecule has 0 unspecified atom stereocenters. The topological polar surface area (TPSA) is 42.7 Å². The summed E-state index contributed by atoms with van der Waals surface area (Å²) in [6, 6.07) is 7.94. The molecular formula is C18H21ClN4. The van der Waals surface area contributed by atoms with E-state index in [4.69, 9.17) is 11.6 Å². The fraction of sp³-hybridized carbons (Fsp3) is 0.333. The zero-order chi connectivity index (χ0) is 16.1. The van der Waals surface area contributed by atoms with E-state index in [1.54, 1.807) is 0 Å². The van der Waals surface area contributed by atoms with Crippen LogP contribution in [-0.2, 0) is 13.1 Å². The molecule has 120 valence electrons. The first-order chi connectivity index (χ1) is 11.2. The fourth-order valence-electron chi connectivity index (χ4n) is 2.76. The molecular weight excluding hydrogens is 308 g/mol. The highest BCUT2D eigenvalue weighted by Gasteiger charge is 2.04. The molecule has 0 spiro atoms. The van der Waals surface area contributed by atoms with Gasteiger partial charge in [-0.2, -0.15) is 0 Å². The summed E-state index contributed by atoms with van der Waals surface area (Å²) in [7, 11) is 0. The molecule has 4 nitrogen and oxygen atoms in total. The SMILES string of the molecule is Cc1nccn1CCCCNCc1cc(Cl)cc2cccnc12. The number of halogens is 1. The first kappa shape index (κ1) is 16.0. The molecule has 0 saturated heterocycles. The smallest absolute Gasteiger partial charge is 0.105 e. The van der Waals surface area contributed by atoms with E-state index < -0.39 is 0 Å². The van der Waals surface area contributed by atoms with E-state index in [0.717, 1.165) is 59.8 Å².